The third kappa shape index (κ3) is 3.06. The Morgan fingerprint density at radius 1 is 1.37 bits per heavy atom. The Morgan fingerprint density at radius 3 is 2.68 bits per heavy atom. The van der Waals surface area contributed by atoms with E-state index in [1.807, 2.05) is 31.2 Å². The Morgan fingerprint density at radius 2 is 2.05 bits per heavy atom. The molecule has 0 aliphatic carbocycles. The van der Waals surface area contributed by atoms with Gasteiger partial charge in [0.1, 0.15) is 5.02 Å². The van der Waals surface area contributed by atoms with E-state index >= 15 is 0 Å². The summed E-state index contributed by atoms with van der Waals surface area (Å²) in [7, 11) is 0. The molecule has 1 aromatic carbocycles. The number of anilines is 2. The first kappa shape index (κ1) is 13.4. The molecule has 1 aromatic heterocycles. The molecule has 3 N–H and O–H groups in total. The number of hydrogen-bond donors (Lipinski definition) is 2. The van der Waals surface area contributed by atoms with E-state index in [1.54, 1.807) is 6.20 Å². The summed E-state index contributed by atoms with van der Waals surface area (Å²) >= 11 is 6.01. The smallest absolute Gasteiger partial charge is 0.287 e. The van der Waals surface area contributed by atoms with E-state index in [9.17, 15) is 4.79 Å². The third-order valence-corrected chi connectivity index (χ3v) is 3.11. The van der Waals surface area contributed by atoms with E-state index < -0.39 is 0 Å². The average Bonchev–Trinajstić information content (AvgIpc) is 2.42. The van der Waals surface area contributed by atoms with Gasteiger partial charge in [-0.05, 0) is 24.6 Å². The molecule has 0 unspecified atom stereocenters. The van der Waals surface area contributed by atoms with E-state index in [4.69, 9.17) is 17.3 Å². The molecule has 0 aliphatic rings. The van der Waals surface area contributed by atoms with Crippen molar-refractivity contribution in [2.24, 2.45) is 0 Å². The maximum Gasteiger partial charge on any atom is 0.287 e. The summed E-state index contributed by atoms with van der Waals surface area (Å²) in [6.45, 7) is 2.89. The highest BCUT2D eigenvalue weighted by Gasteiger charge is 2.07. The van der Waals surface area contributed by atoms with Gasteiger partial charge in [-0.1, -0.05) is 23.7 Å². The molecule has 5 nitrogen and oxygen atoms in total. The lowest BCUT2D eigenvalue weighted by molar-refractivity contribution is 0.616. The Kier molecular flexibility index (Phi) is 4.06. The topological polar surface area (TPSA) is 72.9 Å². The fourth-order valence-electron chi connectivity index (χ4n) is 1.65. The fraction of sp³-hybridized carbons (Fsp3) is 0.231. The Bertz CT molecular complexity index is 622. The zero-order valence-electron chi connectivity index (χ0n) is 10.6. The van der Waals surface area contributed by atoms with Crippen molar-refractivity contribution >= 4 is 23.0 Å². The first-order valence-corrected chi connectivity index (χ1v) is 6.33. The molecule has 0 saturated carbocycles. The second-order valence-corrected chi connectivity index (χ2v) is 4.47. The molecule has 0 fully saturated rings. The molecular formula is C13H15ClN4O. The van der Waals surface area contributed by atoms with Gasteiger partial charge >= 0.3 is 0 Å². The molecule has 0 atom stereocenters. The number of nitrogens with zero attached hydrogens (tertiary/aromatic N) is 2. The van der Waals surface area contributed by atoms with E-state index in [0.29, 0.717) is 24.5 Å². The molecule has 2 aromatic rings. The van der Waals surface area contributed by atoms with Gasteiger partial charge in [0.05, 0.1) is 11.9 Å². The summed E-state index contributed by atoms with van der Waals surface area (Å²) < 4.78 is 1.32. The maximum absolute atomic E-state index is 11.8. The van der Waals surface area contributed by atoms with Crippen LogP contribution in [0.4, 0.5) is 11.4 Å². The summed E-state index contributed by atoms with van der Waals surface area (Å²) in [5.41, 5.74) is 7.63. The highest BCUT2D eigenvalue weighted by molar-refractivity contribution is 6.32. The number of nitrogens with two attached hydrogens (primary N) is 1. The van der Waals surface area contributed by atoms with Gasteiger partial charge in [-0.2, -0.15) is 5.10 Å². The Balaban J connectivity index is 2.14. The van der Waals surface area contributed by atoms with E-state index in [2.05, 4.69) is 10.4 Å². The summed E-state index contributed by atoms with van der Waals surface area (Å²) in [4.78, 5) is 11.8. The second-order valence-electron chi connectivity index (χ2n) is 4.09. The van der Waals surface area contributed by atoms with E-state index in [1.165, 1.54) is 4.68 Å². The molecule has 0 amide bonds. The number of hydrogen-bond acceptors (Lipinski definition) is 4. The molecule has 6 heteroatoms. The van der Waals surface area contributed by atoms with Gasteiger partial charge in [-0.3, -0.25) is 4.79 Å². The number of nitrogens with one attached hydrogen (secondary N) is 1. The quantitative estimate of drug-likeness (QED) is 0.840. The van der Waals surface area contributed by atoms with Crippen LogP contribution in [0.5, 0.6) is 0 Å². The molecule has 0 radical (unpaired) electrons. The zero-order chi connectivity index (χ0) is 13.8. The van der Waals surface area contributed by atoms with Crippen molar-refractivity contribution in [2.75, 3.05) is 11.1 Å². The van der Waals surface area contributed by atoms with Crippen molar-refractivity contribution in [3.8, 4) is 0 Å². The van der Waals surface area contributed by atoms with Crippen LogP contribution in [0.2, 0.25) is 5.02 Å². The van der Waals surface area contributed by atoms with Crippen LogP contribution in [0.3, 0.4) is 0 Å². The minimum absolute atomic E-state index is 0.160. The van der Waals surface area contributed by atoms with Crippen molar-refractivity contribution in [2.45, 2.75) is 20.0 Å². The fourth-order valence-corrected chi connectivity index (χ4v) is 1.86. The zero-order valence-corrected chi connectivity index (χ0v) is 11.3. The minimum atomic E-state index is -0.286. The summed E-state index contributed by atoms with van der Waals surface area (Å²) in [5.74, 6) is 0. The Labute approximate surface area is 116 Å². The largest absolute Gasteiger partial charge is 0.399 e. The highest BCUT2D eigenvalue weighted by atomic mass is 35.5. The molecule has 0 aliphatic heterocycles. The van der Waals surface area contributed by atoms with Crippen LogP contribution in [0, 0.1) is 0 Å². The van der Waals surface area contributed by atoms with E-state index in [-0.39, 0.29) is 10.6 Å². The monoisotopic (exact) mass is 278 g/mol. The molecule has 19 heavy (non-hydrogen) atoms. The SMILES string of the molecule is CCn1ncc(NCc2ccc(N)cc2)c(Cl)c1=O. The molecular weight excluding hydrogens is 264 g/mol. The van der Waals surface area contributed by atoms with Gasteiger partial charge in [-0.15, -0.1) is 0 Å². The maximum atomic E-state index is 11.8. The van der Waals surface area contributed by atoms with Crippen LogP contribution < -0.4 is 16.6 Å². The van der Waals surface area contributed by atoms with Crippen LogP contribution in [0.1, 0.15) is 12.5 Å². The lowest BCUT2D eigenvalue weighted by atomic mass is 10.2. The molecule has 0 spiro atoms. The first-order chi connectivity index (χ1) is 9.11. The number of aromatic nitrogens is 2. The van der Waals surface area contributed by atoms with Gasteiger partial charge in [-0.25, -0.2) is 4.68 Å². The standard InChI is InChI=1S/C13H15ClN4O/c1-2-18-13(19)12(14)11(8-17-18)16-7-9-3-5-10(15)6-4-9/h3-6,8,16H,2,7,15H2,1H3. The van der Waals surface area contributed by atoms with Crippen LogP contribution >= 0.6 is 11.6 Å². The summed E-state index contributed by atoms with van der Waals surface area (Å²) in [5, 5.41) is 7.27. The van der Waals surface area contributed by atoms with Gasteiger partial charge in [0.15, 0.2) is 0 Å². The van der Waals surface area contributed by atoms with Crippen molar-refractivity contribution in [3.05, 3.63) is 51.4 Å². The number of benzene rings is 1. The van der Waals surface area contributed by atoms with Crippen molar-refractivity contribution in [3.63, 3.8) is 0 Å². The number of rotatable bonds is 4. The predicted molar refractivity (Wildman–Crippen MR) is 77.4 cm³/mol. The van der Waals surface area contributed by atoms with Gasteiger partial charge in [0, 0.05) is 18.8 Å². The second kappa shape index (κ2) is 5.75. The van der Waals surface area contributed by atoms with Gasteiger partial charge < -0.3 is 11.1 Å². The summed E-state index contributed by atoms with van der Waals surface area (Å²) in [6, 6.07) is 7.48. The minimum Gasteiger partial charge on any atom is -0.399 e. The highest BCUT2D eigenvalue weighted by Crippen LogP contribution is 2.16. The van der Waals surface area contributed by atoms with Crippen molar-refractivity contribution < 1.29 is 0 Å². The van der Waals surface area contributed by atoms with Crippen LogP contribution in [0.15, 0.2) is 35.3 Å². The number of halogens is 1. The van der Waals surface area contributed by atoms with Crippen molar-refractivity contribution in [1.82, 2.24) is 9.78 Å². The van der Waals surface area contributed by atoms with Crippen LogP contribution in [0.25, 0.3) is 0 Å². The van der Waals surface area contributed by atoms with Gasteiger partial charge in [0.25, 0.3) is 5.56 Å². The molecule has 2 rings (SSSR count). The normalized spacial score (nSPS) is 10.4. The number of aryl methyl sites for hydroxylation is 1. The number of nitrogen functional groups attached to an aromatic ring is 1. The van der Waals surface area contributed by atoms with E-state index in [0.717, 1.165) is 5.56 Å². The van der Waals surface area contributed by atoms with Gasteiger partial charge in [0.2, 0.25) is 0 Å². The molecule has 100 valence electrons. The van der Waals surface area contributed by atoms with Crippen LogP contribution in [-0.2, 0) is 13.1 Å². The Hall–Kier alpha value is -2.01. The lowest BCUT2D eigenvalue weighted by Gasteiger charge is -2.09. The van der Waals surface area contributed by atoms with Crippen LogP contribution in [-0.4, -0.2) is 9.78 Å². The summed E-state index contributed by atoms with van der Waals surface area (Å²) in [6.07, 6.45) is 1.56. The average molecular weight is 279 g/mol. The van der Waals surface area contributed by atoms with Crippen molar-refractivity contribution in [1.29, 1.82) is 0 Å². The molecule has 0 saturated heterocycles. The molecule has 1 heterocycles. The predicted octanol–water partition coefficient (Wildman–Crippen LogP) is 2.11. The molecule has 0 bridgehead atoms. The lowest BCUT2D eigenvalue weighted by Crippen LogP contribution is -2.23. The first-order valence-electron chi connectivity index (χ1n) is 5.95. The third-order valence-electron chi connectivity index (χ3n) is 2.75.